The highest BCUT2D eigenvalue weighted by Gasteiger charge is 2.34. The number of benzene rings is 7. The molecule has 4 amide bonds. The number of nitrogens with one attached hydrogen (secondary N) is 2. The number of thiazole rings is 3. The fourth-order valence-corrected chi connectivity index (χ4v) is 14.9. The van der Waals surface area contributed by atoms with E-state index in [1.165, 1.54) is 66.0 Å². The second kappa shape index (κ2) is 49.2. The maximum atomic E-state index is 12.5. The molecule has 0 aliphatic carbocycles. The van der Waals surface area contributed by atoms with Crippen LogP contribution in [0.15, 0.2) is 149 Å². The quantitative estimate of drug-likeness (QED) is 0.00748. The van der Waals surface area contributed by atoms with E-state index in [9.17, 15) is 177 Å². The van der Waals surface area contributed by atoms with Crippen molar-refractivity contribution in [3.8, 4) is 105 Å². The summed E-state index contributed by atoms with van der Waals surface area (Å²) in [5.74, 6) is -16.8. The number of nitro groups is 6. The summed E-state index contributed by atoms with van der Waals surface area (Å²) in [6.07, 6.45) is 9.21. The standard InChI is InChI=1S/C17H19N3O6.C16H9N3O5S.C15H15N3O6.C13H8N4O6S.C12H7N5O6S.C12H7N3O5S/c1-25-14-9-11(8-13(20(23)24)16(14)26-2)15(21)12(10-18)17(22)19-6-4-3-5-7-19;17-7-9(16-18-10-3-1-2-4-13(10)25-16)14(21)8-5-11(19(23)24)15(22)12(20)6-8;16-8-10(15(22)17-4-2-1-3-5-17)13(20)9-6-11(18(23)24)14(21)12(19)7-9;14-5-7(12(21)16-13-15-1-2-24-13)10(19)6-3-8(17(22)23)11(20)9(18)4-6;13-3-6(11(21)16-12-14-4-15-24-12)9(19)5-1-7(17(22)23)10(20)8(18)2-5;13-5-7(12-14-1-2-21-12)10(17)6-3-8(15(19)20)11(18)9(16)4-6/h8-9,21H,3-7H2,1-2H3;1-6,20-22H;6-7,19-21H,1-5H2;1-4,18-20H,(H,15,16,21);1-2,4,18-20H,(H,14,15,16,21);1-4,16-18H/b15-12-;14-9-;13-10-;10-7-;9-6-;10-7-. The number of rotatable bonds is 22. The zero-order valence-electron chi connectivity index (χ0n) is 72.8. The van der Waals surface area contributed by atoms with Crippen LogP contribution in [0.1, 0.15) is 81.9 Å². The van der Waals surface area contributed by atoms with Gasteiger partial charge in [0, 0.05) is 131 Å². The lowest BCUT2D eigenvalue weighted by Crippen LogP contribution is -2.36. The lowest BCUT2D eigenvalue weighted by molar-refractivity contribution is -0.386. The average Bonchev–Trinajstić information content (AvgIpc) is 1.45. The van der Waals surface area contributed by atoms with Crippen molar-refractivity contribution < 1.29 is 140 Å². The van der Waals surface area contributed by atoms with E-state index in [4.69, 9.17) is 25.3 Å². The van der Waals surface area contributed by atoms with Gasteiger partial charge in [-0.25, -0.2) is 19.9 Å². The van der Waals surface area contributed by atoms with Gasteiger partial charge in [0.15, 0.2) is 61.9 Å². The number of aromatic hydroxyl groups is 10. The van der Waals surface area contributed by atoms with E-state index >= 15 is 0 Å². The Morgan fingerprint density at radius 3 is 1.04 bits per heavy atom. The molecule has 11 aromatic rings. The first-order chi connectivity index (χ1) is 68.4. The molecule has 0 radical (unpaired) electrons. The van der Waals surface area contributed by atoms with Crippen LogP contribution in [0.4, 0.5) is 44.4 Å². The predicted molar refractivity (Wildman–Crippen MR) is 501 cm³/mol. The molecule has 2 aliphatic heterocycles. The van der Waals surface area contributed by atoms with Crippen LogP contribution in [0.25, 0.3) is 55.9 Å². The van der Waals surface area contributed by atoms with Crippen molar-refractivity contribution in [1.29, 1.82) is 31.6 Å². The Morgan fingerprint density at radius 2 is 0.729 bits per heavy atom. The van der Waals surface area contributed by atoms with Gasteiger partial charge in [0.1, 0.15) is 98.5 Å². The third kappa shape index (κ3) is 26.1. The Balaban J connectivity index is 0.000000211. The number of carbonyl (C=O) groups is 4. The zero-order valence-corrected chi connectivity index (χ0v) is 76.1. The van der Waals surface area contributed by atoms with E-state index in [1.807, 2.05) is 6.07 Å². The van der Waals surface area contributed by atoms with Crippen molar-refractivity contribution in [3.05, 3.63) is 253 Å². The number of aliphatic hydroxyl groups excluding tert-OH is 6. The number of piperidine rings is 2. The van der Waals surface area contributed by atoms with E-state index in [0.29, 0.717) is 37.8 Å². The first-order valence-corrected chi connectivity index (χ1v) is 42.8. The lowest BCUT2D eigenvalue weighted by Gasteiger charge is -2.26. The number of nitrogens with zero attached hydrogens (tertiary/aromatic N) is 19. The number of anilines is 2. The molecule has 18 N–H and O–H groups in total. The molecule has 55 nitrogen and oxygen atoms in total. The number of methoxy groups -OCH3 is 2. The molecule has 738 valence electrons. The van der Waals surface area contributed by atoms with Crippen molar-refractivity contribution in [2.45, 2.75) is 38.5 Å². The number of amides is 4. The predicted octanol–water partition coefficient (Wildman–Crippen LogP) is 13.4. The highest BCUT2D eigenvalue weighted by atomic mass is 32.1. The van der Waals surface area contributed by atoms with Crippen LogP contribution >= 0.6 is 45.5 Å². The van der Waals surface area contributed by atoms with Crippen LogP contribution in [0.2, 0.25) is 0 Å². The third-order valence-electron chi connectivity index (χ3n) is 19.3. The number of phenolic OH excluding ortho intramolecular Hbond substituents is 10. The number of nitro benzene ring substituents is 6. The molecule has 6 heterocycles. The summed E-state index contributed by atoms with van der Waals surface area (Å²) in [7, 11) is 2.54. The highest BCUT2D eigenvalue weighted by molar-refractivity contribution is 7.19. The van der Waals surface area contributed by atoms with Gasteiger partial charge >= 0.3 is 34.1 Å². The number of carbonyl (C=O) groups excluding carboxylic acids is 4. The van der Waals surface area contributed by atoms with E-state index < -0.39 is 207 Å². The van der Waals surface area contributed by atoms with Crippen LogP contribution in [-0.2, 0) is 19.2 Å². The van der Waals surface area contributed by atoms with Gasteiger partial charge in [-0.15, -0.1) is 34.0 Å². The largest absolute Gasteiger partial charge is 0.506 e. The minimum atomic E-state index is -1.03. The Hall–Kier alpha value is -20.7. The number of hydrogen-bond acceptors (Lipinski definition) is 49. The Kier molecular flexibility index (Phi) is 37.1. The summed E-state index contributed by atoms with van der Waals surface area (Å²) in [6, 6.07) is 27.5. The van der Waals surface area contributed by atoms with Crippen molar-refractivity contribution in [3.63, 3.8) is 0 Å². The maximum absolute atomic E-state index is 12.5. The molecular weight excluding hydrogens is 1990 g/mol. The van der Waals surface area contributed by atoms with Crippen LogP contribution in [-0.4, -0.2) is 209 Å². The molecule has 7 aromatic carbocycles. The topological polar surface area (TPSA) is 907 Å². The molecular formula is C85H65N21O34S4. The molecule has 0 spiro atoms. The van der Waals surface area contributed by atoms with Gasteiger partial charge in [0.25, 0.3) is 23.6 Å². The second-order valence-electron chi connectivity index (χ2n) is 28.1. The highest BCUT2D eigenvalue weighted by Crippen LogP contribution is 2.46. The van der Waals surface area contributed by atoms with Crippen molar-refractivity contribution in [2.75, 3.05) is 51.0 Å². The van der Waals surface area contributed by atoms with E-state index in [-0.39, 0.29) is 70.7 Å². The average molecular weight is 2050 g/mol. The van der Waals surface area contributed by atoms with E-state index in [0.717, 1.165) is 144 Å². The SMILES string of the molecule is COc1cc(/C(O)=C(\C#N)C(=O)N2CCCCC2)cc([N+](=O)[O-])c1OC.N#C/C(=C(/O)c1cc(O)c(O)c([N+](=O)[O-])c1)c1nc2ccccc2s1.N#C/C(=C(/O)c1cc(O)c(O)c([N+](=O)[O-])c1)c1nccs1.N#C/C(C(=O)N1CCCCC1)=C(/O)c1cc(O)c(O)c([N+](=O)[O-])c1.N#C/C(C(=O)Nc1nccs1)=C(/O)c1cc(O)c(O)c([N+](=O)[O-])c1.N#C/C(C(=O)Nc1ncns1)=C(/O)c1cc(O)c(O)c([N+](=O)[O-])c1. The number of para-hydroxylation sites is 1. The molecule has 0 saturated carbocycles. The number of aliphatic hydroxyl groups is 6. The smallest absolute Gasteiger partial charge is 0.315 e. The molecule has 144 heavy (non-hydrogen) atoms. The summed E-state index contributed by atoms with van der Waals surface area (Å²) in [5.41, 5.74) is -8.49. The molecule has 0 atom stereocenters. The van der Waals surface area contributed by atoms with Gasteiger partial charge in [-0.1, -0.05) is 12.1 Å². The minimum absolute atomic E-state index is 0.00552. The van der Waals surface area contributed by atoms with Gasteiger partial charge in [-0.3, -0.25) is 90.5 Å². The number of hydrogen-bond donors (Lipinski definition) is 18. The van der Waals surface area contributed by atoms with Gasteiger partial charge < -0.3 is 101 Å². The molecule has 2 fully saturated rings. The molecule has 2 aliphatic rings. The van der Waals surface area contributed by atoms with Crippen molar-refractivity contribution in [2.24, 2.45) is 0 Å². The van der Waals surface area contributed by atoms with Crippen LogP contribution < -0.4 is 20.1 Å². The van der Waals surface area contributed by atoms with E-state index in [1.54, 1.807) is 53.2 Å². The third-order valence-corrected chi connectivity index (χ3v) is 22.4. The van der Waals surface area contributed by atoms with E-state index in [2.05, 4.69) is 34.9 Å². The summed E-state index contributed by atoms with van der Waals surface area (Å²) >= 11 is 4.18. The van der Waals surface area contributed by atoms with Gasteiger partial charge in [0.2, 0.25) is 39.6 Å². The monoisotopic (exact) mass is 2050 g/mol. The molecule has 0 unspecified atom stereocenters. The number of aromatic nitrogens is 5. The lowest BCUT2D eigenvalue weighted by atomic mass is 10.0. The molecule has 0 bridgehead atoms. The molecule has 13 rings (SSSR count). The number of likely N-dealkylation sites (tertiary alicyclic amines) is 2. The number of fused-ring (bicyclic) bond motifs is 1. The second-order valence-corrected chi connectivity index (χ2v) is 31.7. The van der Waals surface area contributed by atoms with Crippen LogP contribution in [0.5, 0.6) is 69.0 Å². The van der Waals surface area contributed by atoms with Gasteiger partial charge in [0.05, 0.1) is 54.0 Å². The summed E-state index contributed by atoms with van der Waals surface area (Å²) < 4.78 is 14.5. The first kappa shape index (κ1) is 109. The molecule has 2 saturated heterocycles. The normalized spacial score (nSPS) is 12.8. The Morgan fingerprint density at radius 1 is 0.396 bits per heavy atom. The van der Waals surface area contributed by atoms with Crippen LogP contribution in [0.3, 0.4) is 0 Å². The number of phenols is 10. The number of nitriles is 6. The Bertz CT molecular complexity index is 7230. The summed E-state index contributed by atoms with van der Waals surface area (Å²) in [5, 5.41) is 285. The maximum Gasteiger partial charge on any atom is 0.315 e. The summed E-state index contributed by atoms with van der Waals surface area (Å²) in [6.45, 7) is 1.92. The molecule has 4 aromatic heterocycles. The Labute approximate surface area is 818 Å². The van der Waals surface area contributed by atoms with Crippen LogP contribution in [0, 0.1) is 129 Å². The number of ether oxygens (including phenoxy) is 2. The van der Waals surface area contributed by atoms with Crippen molar-refractivity contribution >= 4 is 169 Å². The fraction of sp³-hybridized carbons (Fsp3) is 0.141. The van der Waals surface area contributed by atoms with Gasteiger partial charge in [-0.2, -0.15) is 35.9 Å². The zero-order chi connectivity index (χ0) is 107. The van der Waals surface area contributed by atoms with Crippen molar-refractivity contribution in [1.82, 2.24) is 34.1 Å². The van der Waals surface area contributed by atoms with Gasteiger partial charge in [-0.05, 0) is 87.1 Å². The molecule has 59 heteroatoms. The number of allylic oxidation sites excluding steroid dienone is 2. The summed E-state index contributed by atoms with van der Waals surface area (Å²) in [4.78, 5) is 127. The fourth-order valence-electron chi connectivity index (χ4n) is 12.4. The minimum Gasteiger partial charge on any atom is -0.506 e. The first-order valence-electron chi connectivity index (χ1n) is 39.5.